The highest BCUT2D eigenvalue weighted by Gasteiger charge is 2.36. The zero-order valence-electron chi connectivity index (χ0n) is 20.6. The number of amides is 1. The first-order valence-corrected chi connectivity index (χ1v) is 13.3. The molecule has 2 heterocycles. The molecule has 8 nitrogen and oxygen atoms in total. The molecule has 3 aromatic rings. The normalized spacial score (nSPS) is 15.8. The fraction of sp³-hybridized carbons (Fsp3) is 0.143. The number of aliphatic imine (C=N–C) groups is 1. The maximum Gasteiger partial charge on any atom is 0.283 e. The van der Waals surface area contributed by atoms with Gasteiger partial charge in [-0.3, -0.25) is 10.2 Å². The van der Waals surface area contributed by atoms with Gasteiger partial charge in [-0.05, 0) is 72.3 Å². The topological polar surface area (TPSA) is 96.6 Å². The minimum Gasteiger partial charge on any atom is -0.493 e. The number of benzene rings is 3. The van der Waals surface area contributed by atoms with Gasteiger partial charge in [0, 0.05) is 10.0 Å². The molecule has 0 unspecified atom stereocenters. The zero-order valence-corrected chi connectivity index (χ0v) is 23.0. The molecule has 0 saturated heterocycles. The summed E-state index contributed by atoms with van der Waals surface area (Å²) in [4.78, 5) is 17.0. The average Bonchev–Trinajstić information content (AvgIpc) is 3.34. The number of carbonyl (C=O) groups is 1. The molecule has 0 saturated carbocycles. The lowest BCUT2D eigenvalue weighted by molar-refractivity contribution is -0.114. The predicted molar refractivity (Wildman–Crippen MR) is 153 cm³/mol. The van der Waals surface area contributed by atoms with Crippen molar-refractivity contribution < 1.29 is 19.0 Å². The van der Waals surface area contributed by atoms with Gasteiger partial charge in [-0.1, -0.05) is 46.3 Å². The van der Waals surface area contributed by atoms with Crippen LogP contribution >= 0.6 is 27.7 Å². The third-order valence-electron chi connectivity index (χ3n) is 5.75. The van der Waals surface area contributed by atoms with E-state index in [1.165, 1.54) is 16.8 Å². The monoisotopic (exact) mass is 590 g/mol. The Balaban J connectivity index is 1.29. The van der Waals surface area contributed by atoms with Crippen molar-refractivity contribution in [2.45, 2.75) is 6.92 Å². The van der Waals surface area contributed by atoms with Crippen LogP contribution in [0.15, 0.2) is 86.9 Å². The molecule has 1 N–H and O–H groups in total. The highest BCUT2D eigenvalue weighted by molar-refractivity contribution is 9.10. The molecule has 0 spiro atoms. The van der Waals surface area contributed by atoms with Crippen LogP contribution in [-0.2, 0) is 4.79 Å². The molecule has 192 valence electrons. The maximum absolute atomic E-state index is 12.8. The number of carbonyl (C=O) groups excluding carboxylic acids is 1. The molecule has 0 atom stereocenters. The lowest BCUT2D eigenvalue weighted by Gasteiger charge is -2.20. The van der Waals surface area contributed by atoms with Gasteiger partial charge in [0.05, 0.1) is 12.7 Å². The van der Waals surface area contributed by atoms with Crippen molar-refractivity contribution in [3.63, 3.8) is 0 Å². The number of rotatable bonds is 8. The second-order valence-corrected chi connectivity index (χ2v) is 10.2. The van der Waals surface area contributed by atoms with Gasteiger partial charge in [0.1, 0.15) is 24.0 Å². The fourth-order valence-electron chi connectivity index (χ4n) is 3.82. The second-order valence-electron chi connectivity index (χ2n) is 8.30. The number of thioether (sulfide) groups is 1. The number of ether oxygens (including phenoxy) is 3. The predicted octanol–water partition coefficient (Wildman–Crippen LogP) is 5.89. The first-order chi connectivity index (χ1) is 18.4. The lowest BCUT2D eigenvalue weighted by atomic mass is 10.1. The van der Waals surface area contributed by atoms with Crippen LogP contribution in [0.3, 0.4) is 0 Å². The Morgan fingerprint density at radius 2 is 1.79 bits per heavy atom. The van der Waals surface area contributed by atoms with E-state index in [0.717, 1.165) is 21.3 Å². The van der Waals surface area contributed by atoms with E-state index in [4.69, 9.17) is 19.6 Å². The standard InChI is InChI=1S/C28H23BrN4O4S/c1-17-5-3-4-6-21(17)27-32-33-25(30)22(26(34)31-28(33)38-27)15-18-7-12-23(24(16-18)35-2)37-14-13-36-20-10-8-19(29)9-11-20/h3-12,15-16,30H,13-14H2,1-2H3/b22-15+,30-25?. The average molecular weight is 591 g/mol. The van der Waals surface area contributed by atoms with Gasteiger partial charge in [0.15, 0.2) is 17.3 Å². The van der Waals surface area contributed by atoms with Crippen molar-refractivity contribution in [2.75, 3.05) is 20.3 Å². The van der Waals surface area contributed by atoms with Gasteiger partial charge in [-0.15, -0.1) is 0 Å². The number of hydrogen-bond acceptors (Lipinski definition) is 7. The highest BCUT2D eigenvalue weighted by Crippen LogP contribution is 2.33. The Morgan fingerprint density at radius 3 is 2.55 bits per heavy atom. The molecule has 0 bridgehead atoms. The molecule has 38 heavy (non-hydrogen) atoms. The molecular weight excluding hydrogens is 568 g/mol. The van der Waals surface area contributed by atoms with Gasteiger partial charge in [0.25, 0.3) is 5.91 Å². The van der Waals surface area contributed by atoms with Crippen LogP contribution in [0.2, 0.25) is 0 Å². The summed E-state index contributed by atoms with van der Waals surface area (Å²) < 4.78 is 18.0. The molecule has 2 aliphatic rings. The molecule has 0 fully saturated rings. The van der Waals surface area contributed by atoms with Gasteiger partial charge in [0.2, 0.25) is 5.17 Å². The van der Waals surface area contributed by atoms with Crippen molar-refractivity contribution in [2.24, 2.45) is 10.1 Å². The second kappa shape index (κ2) is 11.2. The molecule has 10 heteroatoms. The van der Waals surface area contributed by atoms with E-state index in [2.05, 4.69) is 26.0 Å². The SMILES string of the molecule is COc1cc(/C=C2\C(=N)N3N=C(c4ccccc4C)SC3=NC2=O)ccc1OCCOc1ccc(Br)cc1. The number of methoxy groups -OCH3 is 1. The maximum atomic E-state index is 12.8. The summed E-state index contributed by atoms with van der Waals surface area (Å²) in [6.07, 6.45) is 1.61. The minimum absolute atomic E-state index is 0.0273. The molecular formula is C28H23BrN4O4S. The lowest BCUT2D eigenvalue weighted by Crippen LogP contribution is -2.35. The number of hydrogen-bond donors (Lipinski definition) is 1. The van der Waals surface area contributed by atoms with Crippen LogP contribution in [0.25, 0.3) is 6.08 Å². The summed E-state index contributed by atoms with van der Waals surface area (Å²) in [6.45, 7) is 2.68. The van der Waals surface area contributed by atoms with E-state index in [0.29, 0.717) is 40.5 Å². The third kappa shape index (κ3) is 5.51. The van der Waals surface area contributed by atoms with Gasteiger partial charge in [-0.2, -0.15) is 15.1 Å². The van der Waals surface area contributed by atoms with Crippen molar-refractivity contribution >= 4 is 55.7 Å². The number of hydrazone groups is 1. The summed E-state index contributed by atoms with van der Waals surface area (Å²) in [5, 5.41) is 15.7. The van der Waals surface area contributed by atoms with Crippen LogP contribution in [0.4, 0.5) is 0 Å². The Hall–Kier alpha value is -3.89. The van der Waals surface area contributed by atoms with E-state index < -0.39 is 5.91 Å². The summed E-state index contributed by atoms with van der Waals surface area (Å²) in [6, 6.07) is 20.7. The van der Waals surface area contributed by atoms with E-state index in [1.54, 1.807) is 31.4 Å². The van der Waals surface area contributed by atoms with Crippen LogP contribution in [0.5, 0.6) is 17.2 Å². The number of nitrogens with zero attached hydrogens (tertiary/aromatic N) is 3. The summed E-state index contributed by atoms with van der Waals surface area (Å²) >= 11 is 4.68. The molecule has 5 rings (SSSR count). The molecule has 2 aliphatic heterocycles. The molecule has 0 aliphatic carbocycles. The first-order valence-electron chi connectivity index (χ1n) is 11.7. The quantitative estimate of drug-likeness (QED) is 0.259. The van der Waals surface area contributed by atoms with Crippen LogP contribution < -0.4 is 14.2 Å². The third-order valence-corrected chi connectivity index (χ3v) is 7.22. The Morgan fingerprint density at radius 1 is 1.03 bits per heavy atom. The first kappa shape index (κ1) is 25.7. The molecule has 0 aromatic heterocycles. The largest absolute Gasteiger partial charge is 0.493 e. The van der Waals surface area contributed by atoms with Crippen molar-refractivity contribution in [3.8, 4) is 17.2 Å². The zero-order chi connectivity index (χ0) is 26.6. The molecule has 0 radical (unpaired) electrons. The van der Waals surface area contributed by atoms with Gasteiger partial charge >= 0.3 is 0 Å². The summed E-state index contributed by atoms with van der Waals surface area (Å²) in [5.74, 6) is 1.28. The van der Waals surface area contributed by atoms with Crippen molar-refractivity contribution in [3.05, 3.63) is 93.5 Å². The number of halogens is 1. The number of nitrogens with one attached hydrogen (secondary N) is 1. The number of fused-ring (bicyclic) bond motifs is 1. The van der Waals surface area contributed by atoms with Gasteiger partial charge in [-0.25, -0.2) is 0 Å². The van der Waals surface area contributed by atoms with E-state index in [9.17, 15) is 4.79 Å². The van der Waals surface area contributed by atoms with Crippen LogP contribution in [0.1, 0.15) is 16.7 Å². The Labute approximate surface area is 232 Å². The van der Waals surface area contributed by atoms with Crippen molar-refractivity contribution in [1.29, 1.82) is 5.41 Å². The molecule has 3 aromatic carbocycles. The number of aryl methyl sites for hydroxylation is 1. The Bertz CT molecular complexity index is 1500. The summed E-state index contributed by atoms with van der Waals surface area (Å²) in [5.41, 5.74) is 2.81. The van der Waals surface area contributed by atoms with Crippen molar-refractivity contribution in [1.82, 2.24) is 5.01 Å². The van der Waals surface area contributed by atoms with E-state index in [1.807, 2.05) is 55.5 Å². The fourth-order valence-corrected chi connectivity index (χ4v) is 5.06. The van der Waals surface area contributed by atoms with E-state index >= 15 is 0 Å². The van der Waals surface area contributed by atoms with Crippen LogP contribution in [0, 0.1) is 12.3 Å². The highest BCUT2D eigenvalue weighted by atomic mass is 79.9. The smallest absolute Gasteiger partial charge is 0.283 e. The van der Waals surface area contributed by atoms with Crippen LogP contribution in [-0.4, -0.2) is 47.3 Å². The molecule has 1 amide bonds. The number of amidine groups is 2. The van der Waals surface area contributed by atoms with Gasteiger partial charge < -0.3 is 14.2 Å². The Kier molecular flexibility index (Phi) is 7.62. The minimum atomic E-state index is -0.487. The summed E-state index contributed by atoms with van der Waals surface area (Å²) in [7, 11) is 1.55. The van der Waals surface area contributed by atoms with E-state index in [-0.39, 0.29) is 11.4 Å².